The van der Waals surface area contributed by atoms with Crippen molar-refractivity contribution in [2.24, 2.45) is 0 Å². The van der Waals surface area contributed by atoms with Crippen LogP contribution in [0.25, 0.3) is 0 Å². The summed E-state index contributed by atoms with van der Waals surface area (Å²) in [6.45, 7) is 5.94. The molecule has 0 aliphatic rings. The van der Waals surface area contributed by atoms with Crippen molar-refractivity contribution in [1.29, 1.82) is 0 Å². The first-order valence-electron chi connectivity index (χ1n) is 11.6. The van der Waals surface area contributed by atoms with Crippen molar-refractivity contribution in [2.75, 3.05) is 13.2 Å². The summed E-state index contributed by atoms with van der Waals surface area (Å²) in [4.78, 5) is 35.7. The summed E-state index contributed by atoms with van der Waals surface area (Å²) in [7, 11) is 0. The smallest absolute Gasteiger partial charge is 0.407 e. The molecule has 36 heavy (non-hydrogen) atoms. The van der Waals surface area contributed by atoms with Gasteiger partial charge in [0.1, 0.15) is 30.1 Å². The standard InChI is InChI=1S/C26H33BrN2O7/c1-26(2,3)36-25(33)29-20(17-34-22-15-19(27)12-13-21(22)23(30)31)11-7-8-14-28-24(32)35-16-18-9-5-4-6-10-18/h4-6,9-10,12-13,15,20H,7-8,11,14,16-17H2,1-3H3,(H,28,32)(H,29,33)(H,30,31)/t20-/m0/s1. The van der Waals surface area contributed by atoms with Gasteiger partial charge in [-0.25, -0.2) is 14.4 Å². The normalized spacial score (nSPS) is 11.8. The molecule has 0 aromatic heterocycles. The van der Waals surface area contributed by atoms with Gasteiger partial charge in [0.2, 0.25) is 0 Å². The van der Waals surface area contributed by atoms with Gasteiger partial charge in [-0.15, -0.1) is 0 Å². The number of carboxylic acid groups (broad SMARTS) is 1. The van der Waals surface area contributed by atoms with E-state index in [2.05, 4.69) is 26.6 Å². The summed E-state index contributed by atoms with van der Waals surface area (Å²) in [6, 6.07) is 13.6. The molecule has 2 aromatic carbocycles. The highest BCUT2D eigenvalue weighted by Crippen LogP contribution is 2.24. The largest absolute Gasteiger partial charge is 0.491 e. The van der Waals surface area contributed by atoms with Gasteiger partial charge in [0, 0.05) is 11.0 Å². The summed E-state index contributed by atoms with van der Waals surface area (Å²) in [5.41, 5.74) is 0.257. The number of benzene rings is 2. The maximum Gasteiger partial charge on any atom is 0.407 e. The van der Waals surface area contributed by atoms with E-state index in [0.29, 0.717) is 30.3 Å². The molecule has 0 unspecified atom stereocenters. The molecule has 196 valence electrons. The summed E-state index contributed by atoms with van der Waals surface area (Å²) in [6.07, 6.45) is 0.737. The van der Waals surface area contributed by atoms with E-state index in [1.807, 2.05) is 30.3 Å². The van der Waals surface area contributed by atoms with Gasteiger partial charge in [0.15, 0.2) is 0 Å². The highest BCUT2D eigenvalue weighted by molar-refractivity contribution is 9.10. The number of nitrogens with one attached hydrogen (secondary N) is 2. The van der Waals surface area contributed by atoms with Crippen molar-refractivity contribution >= 4 is 34.1 Å². The molecule has 2 rings (SSSR count). The van der Waals surface area contributed by atoms with Gasteiger partial charge in [0.05, 0.1) is 6.04 Å². The van der Waals surface area contributed by atoms with Crippen molar-refractivity contribution < 1.29 is 33.7 Å². The molecule has 2 amide bonds. The molecule has 0 fully saturated rings. The number of alkyl carbamates (subject to hydrolysis) is 2. The average molecular weight is 565 g/mol. The fourth-order valence-corrected chi connectivity index (χ4v) is 3.47. The zero-order valence-electron chi connectivity index (χ0n) is 20.7. The van der Waals surface area contributed by atoms with E-state index in [1.54, 1.807) is 32.9 Å². The van der Waals surface area contributed by atoms with Crippen LogP contribution < -0.4 is 15.4 Å². The second-order valence-electron chi connectivity index (χ2n) is 9.08. The fraction of sp³-hybridized carbons (Fsp3) is 0.423. The van der Waals surface area contributed by atoms with Gasteiger partial charge in [0.25, 0.3) is 0 Å². The molecule has 1 atom stereocenters. The van der Waals surface area contributed by atoms with E-state index in [4.69, 9.17) is 14.2 Å². The SMILES string of the molecule is CC(C)(C)OC(=O)N[C@@H](CCCCNC(=O)OCc1ccccc1)COc1cc(Br)ccc1C(=O)O. The Morgan fingerprint density at radius 1 is 1.03 bits per heavy atom. The van der Waals surface area contributed by atoms with Crippen LogP contribution >= 0.6 is 15.9 Å². The van der Waals surface area contributed by atoms with Gasteiger partial charge in [-0.1, -0.05) is 46.3 Å². The number of unbranched alkanes of at least 4 members (excludes halogenated alkanes) is 1. The number of ether oxygens (including phenoxy) is 3. The topological polar surface area (TPSA) is 123 Å². The minimum absolute atomic E-state index is 0.0208. The number of carbonyl (C=O) groups is 3. The Kier molecular flexibility index (Phi) is 11.5. The fourth-order valence-electron chi connectivity index (χ4n) is 3.13. The molecule has 2 aromatic rings. The van der Waals surface area contributed by atoms with E-state index in [0.717, 1.165) is 5.56 Å². The number of hydrogen-bond donors (Lipinski definition) is 3. The Morgan fingerprint density at radius 3 is 2.42 bits per heavy atom. The third kappa shape index (κ3) is 11.4. The number of carboxylic acids is 1. The zero-order valence-corrected chi connectivity index (χ0v) is 22.3. The van der Waals surface area contributed by atoms with Gasteiger partial charge < -0.3 is 30.0 Å². The van der Waals surface area contributed by atoms with Crippen LogP contribution in [0.5, 0.6) is 5.75 Å². The highest BCUT2D eigenvalue weighted by Gasteiger charge is 2.21. The molecule has 0 radical (unpaired) electrons. The Morgan fingerprint density at radius 2 is 1.75 bits per heavy atom. The number of amides is 2. The predicted molar refractivity (Wildman–Crippen MR) is 138 cm³/mol. The first-order valence-corrected chi connectivity index (χ1v) is 12.4. The maximum atomic E-state index is 12.3. The monoisotopic (exact) mass is 564 g/mol. The summed E-state index contributed by atoms with van der Waals surface area (Å²) in [5.74, 6) is -0.921. The zero-order chi connectivity index (χ0) is 26.6. The number of halogens is 1. The lowest BCUT2D eigenvalue weighted by molar-refractivity contribution is 0.0481. The molecule has 0 aliphatic heterocycles. The lowest BCUT2D eigenvalue weighted by atomic mass is 10.1. The van der Waals surface area contributed by atoms with Crippen molar-refractivity contribution in [3.8, 4) is 5.75 Å². The first-order chi connectivity index (χ1) is 17.0. The molecule has 0 bridgehead atoms. The maximum absolute atomic E-state index is 12.3. The van der Waals surface area contributed by atoms with Gasteiger partial charge in [-0.3, -0.25) is 0 Å². The van der Waals surface area contributed by atoms with E-state index >= 15 is 0 Å². The van der Waals surface area contributed by atoms with Crippen LogP contribution in [-0.4, -0.2) is 48.1 Å². The summed E-state index contributed by atoms with van der Waals surface area (Å²) < 4.78 is 17.0. The summed E-state index contributed by atoms with van der Waals surface area (Å²) >= 11 is 3.31. The minimum atomic E-state index is -1.11. The van der Waals surface area contributed by atoms with Gasteiger partial charge in [-0.2, -0.15) is 0 Å². The van der Waals surface area contributed by atoms with Gasteiger partial charge in [-0.05, 0) is 63.8 Å². The Labute approximate surface area is 219 Å². The van der Waals surface area contributed by atoms with Gasteiger partial charge >= 0.3 is 18.2 Å². The van der Waals surface area contributed by atoms with Crippen LogP contribution in [0.1, 0.15) is 56.0 Å². The van der Waals surface area contributed by atoms with Crippen LogP contribution in [0.15, 0.2) is 53.0 Å². The molecular weight excluding hydrogens is 532 g/mol. The molecule has 9 nitrogen and oxygen atoms in total. The van der Waals surface area contributed by atoms with E-state index in [1.165, 1.54) is 6.07 Å². The van der Waals surface area contributed by atoms with Crippen LogP contribution in [0, 0.1) is 0 Å². The lowest BCUT2D eigenvalue weighted by Gasteiger charge is -2.24. The molecule has 3 N–H and O–H groups in total. The second-order valence-corrected chi connectivity index (χ2v) is 10.00. The molecule has 0 saturated heterocycles. The number of aromatic carboxylic acids is 1. The number of hydrogen-bond acceptors (Lipinski definition) is 6. The van der Waals surface area contributed by atoms with Crippen LogP contribution in [-0.2, 0) is 16.1 Å². The quantitative estimate of drug-likeness (QED) is 0.290. The first kappa shape index (κ1) is 29.0. The van der Waals surface area contributed by atoms with Crippen molar-refractivity contribution in [3.63, 3.8) is 0 Å². The average Bonchev–Trinajstić information content (AvgIpc) is 2.80. The van der Waals surface area contributed by atoms with E-state index < -0.39 is 29.8 Å². The Balaban J connectivity index is 1.85. The van der Waals surface area contributed by atoms with Crippen LogP contribution in [0.2, 0.25) is 0 Å². The van der Waals surface area contributed by atoms with Crippen molar-refractivity contribution in [2.45, 2.75) is 58.3 Å². The molecule has 0 aliphatic carbocycles. The van der Waals surface area contributed by atoms with Crippen LogP contribution in [0.3, 0.4) is 0 Å². The molecule has 10 heteroatoms. The number of carbonyl (C=O) groups excluding carboxylic acids is 2. The third-order valence-corrected chi connectivity index (χ3v) is 5.29. The Bertz CT molecular complexity index is 1010. The van der Waals surface area contributed by atoms with Crippen molar-refractivity contribution in [3.05, 3.63) is 64.1 Å². The molecular formula is C26H33BrN2O7. The van der Waals surface area contributed by atoms with E-state index in [-0.39, 0.29) is 24.5 Å². The molecule has 0 saturated carbocycles. The molecule has 0 heterocycles. The Hall–Kier alpha value is -3.27. The summed E-state index contributed by atoms with van der Waals surface area (Å²) in [5, 5.41) is 14.9. The number of rotatable bonds is 12. The third-order valence-electron chi connectivity index (χ3n) is 4.80. The lowest BCUT2D eigenvalue weighted by Crippen LogP contribution is -2.42. The molecule has 0 spiro atoms. The minimum Gasteiger partial charge on any atom is -0.491 e. The predicted octanol–water partition coefficient (Wildman–Crippen LogP) is 5.52. The highest BCUT2D eigenvalue weighted by atomic mass is 79.9. The van der Waals surface area contributed by atoms with E-state index in [9.17, 15) is 19.5 Å². The van der Waals surface area contributed by atoms with Crippen molar-refractivity contribution in [1.82, 2.24) is 10.6 Å². The van der Waals surface area contributed by atoms with Crippen LogP contribution in [0.4, 0.5) is 9.59 Å². The second kappa shape index (κ2) is 14.3.